The second kappa shape index (κ2) is 5.04. The maximum absolute atomic E-state index is 9.04. The fourth-order valence-electron chi connectivity index (χ4n) is 1.20. The van der Waals surface area contributed by atoms with Gasteiger partial charge in [-0.25, -0.2) is 9.97 Å². The number of nitrogens with two attached hydrogens (primary N) is 1. The van der Waals surface area contributed by atoms with E-state index in [4.69, 9.17) is 10.8 Å². The normalized spacial score (nSPS) is 12.6. The van der Waals surface area contributed by atoms with Crippen molar-refractivity contribution >= 4 is 5.95 Å². The molecule has 1 unspecified atom stereocenters. The number of likely N-dealkylation sites (N-methyl/N-ethyl adjacent to an activating group) is 1. The van der Waals surface area contributed by atoms with E-state index in [2.05, 4.69) is 9.97 Å². The zero-order valence-corrected chi connectivity index (χ0v) is 9.44. The van der Waals surface area contributed by atoms with Crippen molar-refractivity contribution in [2.75, 3.05) is 18.6 Å². The van der Waals surface area contributed by atoms with Gasteiger partial charge < -0.3 is 15.7 Å². The highest BCUT2D eigenvalue weighted by atomic mass is 16.3. The highest BCUT2D eigenvalue weighted by Crippen LogP contribution is 2.10. The molecule has 0 saturated heterocycles. The summed E-state index contributed by atoms with van der Waals surface area (Å²) in [4.78, 5) is 10.4. The van der Waals surface area contributed by atoms with Gasteiger partial charge in [-0.15, -0.1) is 0 Å². The quantitative estimate of drug-likeness (QED) is 0.735. The first-order valence-corrected chi connectivity index (χ1v) is 4.96. The molecule has 1 heterocycles. The SMILES string of the molecule is Cc1cc(CN)nc(N(C)C(C)CO)n1. The van der Waals surface area contributed by atoms with Gasteiger partial charge in [0.2, 0.25) is 5.95 Å². The minimum absolute atomic E-state index is 0.00238. The fourth-order valence-corrected chi connectivity index (χ4v) is 1.20. The Morgan fingerprint density at radius 1 is 1.53 bits per heavy atom. The Kier molecular flexibility index (Phi) is 3.99. The van der Waals surface area contributed by atoms with E-state index in [1.54, 1.807) is 0 Å². The van der Waals surface area contributed by atoms with E-state index in [0.717, 1.165) is 11.4 Å². The molecule has 0 aliphatic rings. The molecule has 5 heteroatoms. The van der Waals surface area contributed by atoms with Crippen LogP contribution in [-0.2, 0) is 6.54 Å². The number of aromatic nitrogens is 2. The van der Waals surface area contributed by atoms with Crippen LogP contribution in [0.15, 0.2) is 6.07 Å². The van der Waals surface area contributed by atoms with Crippen LogP contribution in [0.1, 0.15) is 18.3 Å². The van der Waals surface area contributed by atoms with Gasteiger partial charge in [-0.2, -0.15) is 0 Å². The van der Waals surface area contributed by atoms with Crippen molar-refractivity contribution in [2.24, 2.45) is 5.73 Å². The summed E-state index contributed by atoms with van der Waals surface area (Å²) in [6.07, 6.45) is 0. The minimum Gasteiger partial charge on any atom is -0.394 e. The first-order valence-electron chi connectivity index (χ1n) is 4.96. The molecule has 84 valence electrons. The molecule has 0 aliphatic carbocycles. The summed E-state index contributed by atoms with van der Waals surface area (Å²) in [6, 6.07) is 1.86. The molecule has 0 fully saturated rings. The van der Waals surface area contributed by atoms with Gasteiger partial charge in [0.15, 0.2) is 0 Å². The molecule has 1 aromatic rings. The van der Waals surface area contributed by atoms with E-state index in [1.165, 1.54) is 0 Å². The fraction of sp³-hybridized carbons (Fsp3) is 0.600. The molecule has 1 aromatic heterocycles. The second-order valence-corrected chi connectivity index (χ2v) is 3.65. The number of aliphatic hydroxyl groups is 1. The Balaban J connectivity index is 2.97. The molecule has 0 saturated carbocycles. The zero-order valence-electron chi connectivity index (χ0n) is 9.44. The molecule has 1 atom stereocenters. The van der Waals surface area contributed by atoms with Crippen LogP contribution in [-0.4, -0.2) is 34.8 Å². The molecule has 5 nitrogen and oxygen atoms in total. The molecule has 0 amide bonds. The lowest BCUT2D eigenvalue weighted by Gasteiger charge is -2.23. The third-order valence-electron chi connectivity index (χ3n) is 2.35. The molecular weight excluding hydrogens is 192 g/mol. The number of hydrogen-bond donors (Lipinski definition) is 2. The van der Waals surface area contributed by atoms with Crippen LogP contribution in [0.4, 0.5) is 5.95 Å². The Labute approximate surface area is 90.0 Å². The Hall–Kier alpha value is -1.20. The van der Waals surface area contributed by atoms with Gasteiger partial charge in [-0.3, -0.25) is 0 Å². The van der Waals surface area contributed by atoms with Crippen molar-refractivity contribution < 1.29 is 5.11 Å². The lowest BCUT2D eigenvalue weighted by atomic mass is 10.3. The molecular formula is C10H18N4O. The van der Waals surface area contributed by atoms with Gasteiger partial charge in [0.25, 0.3) is 0 Å². The molecule has 0 aromatic carbocycles. The molecule has 0 spiro atoms. The number of nitrogens with zero attached hydrogens (tertiary/aromatic N) is 3. The maximum Gasteiger partial charge on any atom is 0.225 e. The number of rotatable bonds is 4. The van der Waals surface area contributed by atoms with Crippen LogP contribution in [0.3, 0.4) is 0 Å². The van der Waals surface area contributed by atoms with Gasteiger partial charge >= 0.3 is 0 Å². The number of aliphatic hydroxyl groups excluding tert-OH is 1. The molecule has 15 heavy (non-hydrogen) atoms. The largest absolute Gasteiger partial charge is 0.394 e. The molecule has 1 rings (SSSR count). The number of hydrogen-bond acceptors (Lipinski definition) is 5. The summed E-state index contributed by atoms with van der Waals surface area (Å²) in [7, 11) is 1.86. The van der Waals surface area contributed by atoms with Crippen molar-refractivity contribution in [1.29, 1.82) is 0 Å². The number of anilines is 1. The first kappa shape index (κ1) is 11.9. The first-order chi connectivity index (χ1) is 7.08. The average molecular weight is 210 g/mol. The van der Waals surface area contributed by atoms with E-state index < -0.39 is 0 Å². The van der Waals surface area contributed by atoms with Crippen molar-refractivity contribution in [1.82, 2.24) is 9.97 Å². The summed E-state index contributed by atoms with van der Waals surface area (Å²) in [5, 5.41) is 9.04. The third-order valence-corrected chi connectivity index (χ3v) is 2.35. The van der Waals surface area contributed by atoms with Crippen molar-refractivity contribution in [3.8, 4) is 0 Å². The summed E-state index contributed by atoms with van der Waals surface area (Å²) >= 11 is 0. The summed E-state index contributed by atoms with van der Waals surface area (Å²) in [5.74, 6) is 0.608. The second-order valence-electron chi connectivity index (χ2n) is 3.65. The summed E-state index contributed by atoms with van der Waals surface area (Å²) in [6.45, 7) is 4.29. The summed E-state index contributed by atoms with van der Waals surface area (Å²) in [5.41, 5.74) is 7.24. The van der Waals surface area contributed by atoms with Gasteiger partial charge in [0, 0.05) is 19.3 Å². The maximum atomic E-state index is 9.04. The standard InChI is InChI=1S/C10H18N4O/c1-7-4-9(5-11)13-10(12-7)14(3)8(2)6-15/h4,8,15H,5-6,11H2,1-3H3. The highest BCUT2D eigenvalue weighted by Gasteiger charge is 2.12. The molecule has 0 aliphatic heterocycles. The Bertz CT molecular complexity index is 329. The predicted molar refractivity (Wildman–Crippen MR) is 59.6 cm³/mol. The van der Waals surface area contributed by atoms with Crippen LogP contribution >= 0.6 is 0 Å². The van der Waals surface area contributed by atoms with Crippen LogP contribution in [0, 0.1) is 6.92 Å². The molecule has 0 radical (unpaired) electrons. The molecule has 3 N–H and O–H groups in total. The third kappa shape index (κ3) is 2.87. The lowest BCUT2D eigenvalue weighted by molar-refractivity contribution is 0.269. The van der Waals surface area contributed by atoms with Crippen molar-refractivity contribution in [3.05, 3.63) is 17.5 Å². The van der Waals surface area contributed by atoms with Gasteiger partial charge in [-0.05, 0) is 19.9 Å². The van der Waals surface area contributed by atoms with Gasteiger partial charge in [-0.1, -0.05) is 0 Å². The smallest absolute Gasteiger partial charge is 0.225 e. The van der Waals surface area contributed by atoms with E-state index in [9.17, 15) is 0 Å². The zero-order chi connectivity index (χ0) is 11.4. The van der Waals surface area contributed by atoms with Crippen LogP contribution in [0.5, 0.6) is 0 Å². The van der Waals surface area contributed by atoms with Gasteiger partial charge in [0.1, 0.15) is 0 Å². The predicted octanol–water partition coefficient (Wildman–Crippen LogP) is 0.0607. The summed E-state index contributed by atoms with van der Waals surface area (Å²) < 4.78 is 0. The molecule has 0 bridgehead atoms. The van der Waals surface area contributed by atoms with Crippen LogP contribution < -0.4 is 10.6 Å². The minimum atomic E-state index is -0.00238. The van der Waals surface area contributed by atoms with E-state index in [-0.39, 0.29) is 12.6 Å². The van der Waals surface area contributed by atoms with Crippen LogP contribution in [0.25, 0.3) is 0 Å². The Morgan fingerprint density at radius 3 is 2.73 bits per heavy atom. The highest BCUT2D eigenvalue weighted by molar-refractivity contribution is 5.32. The lowest BCUT2D eigenvalue weighted by Crippen LogP contribution is -2.33. The van der Waals surface area contributed by atoms with E-state index in [0.29, 0.717) is 12.5 Å². The van der Waals surface area contributed by atoms with E-state index >= 15 is 0 Å². The van der Waals surface area contributed by atoms with Crippen molar-refractivity contribution in [3.63, 3.8) is 0 Å². The topological polar surface area (TPSA) is 75.3 Å². The Morgan fingerprint density at radius 2 is 2.20 bits per heavy atom. The van der Waals surface area contributed by atoms with Gasteiger partial charge in [0.05, 0.1) is 18.3 Å². The van der Waals surface area contributed by atoms with Crippen molar-refractivity contribution in [2.45, 2.75) is 26.4 Å². The monoisotopic (exact) mass is 210 g/mol. The van der Waals surface area contributed by atoms with Crippen LogP contribution in [0.2, 0.25) is 0 Å². The number of aryl methyl sites for hydroxylation is 1. The average Bonchev–Trinajstić information content (AvgIpc) is 2.26. The van der Waals surface area contributed by atoms with E-state index in [1.807, 2.05) is 31.9 Å².